The van der Waals surface area contributed by atoms with Crippen LogP contribution in [0.2, 0.25) is 0 Å². The molecule has 142 valence electrons. The first kappa shape index (κ1) is 17.9. The van der Waals surface area contributed by atoms with E-state index in [9.17, 15) is 13.2 Å². The van der Waals surface area contributed by atoms with E-state index >= 15 is 0 Å². The Balaban J connectivity index is 1.59. The average molecular weight is 371 g/mol. The lowest BCUT2D eigenvalue weighted by Gasteiger charge is -2.60. The molecule has 0 aliphatic heterocycles. The van der Waals surface area contributed by atoms with Crippen molar-refractivity contribution in [1.82, 2.24) is 0 Å². The van der Waals surface area contributed by atoms with Gasteiger partial charge in [-0.05, 0) is 79.4 Å². The number of Topliss-reactive ketones (excluding diaryl/α,β-unsaturated/α-hetero) is 1. The molecule has 0 aromatic rings. The maximum Gasteiger partial charge on any atom is 0.397 e. The van der Waals surface area contributed by atoms with E-state index in [1.54, 1.807) is 0 Å². The standard InChI is InChI=1S/C19H30O5S/c1-18-9-7-13(20)11-12(18)3-4-14-15-5-6-17(24-25(21,22)23)19(15,2)10-8-16(14)18/h12,14-17H,3-11H2,1-2H3,(H,21,22,23). The minimum atomic E-state index is -4.40. The van der Waals surface area contributed by atoms with Crippen molar-refractivity contribution in [3.8, 4) is 0 Å². The third-order valence-electron chi connectivity index (χ3n) is 8.63. The molecule has 4 aliphatic carbocycles. The third kappa shape index (κ3) is 2.79. The highest BCUT2D eigenvalue weighted by atomic mass is 32.3. The van der Waals surface area contributed by atoms with Gasteiger partial charge in [0.05, 0.1) is 6.10 Å². The van der Waals surface area contributed by atoms with E-state index in [1.807, 2.05) is 0 Å². The van der Waals surface area contributed by atoms with Crippen LogP contribution in [0.4, 0.5) is 0 Å². The zero-order valence-electron chi connectivity index (χ0n) is 15.2. The number of hydrogen-bond donors (Lipinski definition) is 1. The highest BCUT2D eigenvalue weighted by molar-refractivity contribution is 7.80. The largest absolute Gasteiger partial charge is 0.397 e. The van der Waals surface area contributed by atoms with E-state index in [4.69, 9.17) is 8.74 Å². The third-order valence-corrected chi connectivity index (χ3v) is 9.11. The molecule has 5 nitrogen and oxygen atoms in total. The fourth-order valence-corrected chi connectivity index (χ4v) is 7.91. The molecule has 4 saturated carbocycles. The molecule has 7 atom stereocenters. The van der Waals surface area contributed by atoms with Gasteiger partial charge in [-0.1, -0.05) is 13.8 Å². The van der Waals surface area contributed by atoms with Gasteiger partial charge in [-0.15, -0.1) is 0 Å². The molecule has 6 heteroatoms. The lowest BCUT2D eigenvalue weighted by atomic mass is 9.45. The molecule has 0 heterocycles. The molecule has 0 radical (unpaired) electrons. The van der Waals surface area contributed by atoms with Gasteiger partial charge in [0.2, 0.25) is 0 Å². The van der Waals surface area contributed by atoms with Crippen molar-refractivity contribution in [2.24, 2.45) is 34.5 Å². The molecule has 0 spiro atoms. The smallest absolute Gasteiger partial charge is 0.300 e. The lowest BCUT2D eigenvalue weighted by molar-refractivity contribution is -0.141. The fraction of sp³-hybridized carbons (Fsp3) is 0.947. The van der Waals surface area contributed by atoms with Gasteiger partial charge in [-0.2, -0.15) is 8.42 Å². The number of hydrogen-bond acceptors (Lipinski definition) is 4. The fourth-order valence-electron chi connectivity index (χ4n) is 7.30. The van der Waals surface area contributed by atoms with Gasteiger partial charge >= 0.3 is 10.4 Å². The SMILES string of the molecule is CC12CCC(=O)CC1CCC1C2CCC2(C)C(OS(=O)(=O)O)CCC12. The number of carbonyl (C=O) groups is 1. The summed E-state index contributed by atoms with van der Waals surface area (Å²) in [4.78, 5) is 11.9. The normalized spacial score (nSPS) is 50.0. The molecular weight excluding hydrogens is 340 g/mol. The Hall–Kier alpha value is -0.460. The summed E-state index contributed by atoms with van der Waals surface area (Å²) in [7, 11) is -4.40. The number of carbonyl (C=O) groups excluding carboxylic acids is 1. The summed E-state index contributed by atoms with van der Waals surface area (Å²) in [5, 5.41) is 0. The van der Waals surface area contributed by atoms with Crippen LogP contribution >= 0.6 is 0 Å². The molecule has 25 heavy (non-hydrogen) atoms. The molecule has 4 aliphatic rings. The summed E-state index contributed by atoms with van der Waals surface area (Å²) in [6.07, 6.45) is 8.12. The van der Waals surface area contributed by atoms with Crippen LogP contribution < -0.4 is 0 Å². The van der Waals surface area contributed by atoms with Crippen molar-refractivity contribution in [3.63, 3.8) is 0 Å². The molecule has 7 unspecified atom stereocenters. The maximum atomic E-state index is 11.9. The zero-order chi connectivity index (χ0) is 18.0. The van der Waals surface area contributed by atoms with Crippen LogP contribution in [0.15, 0.2) is 0 Å². The van der Waals surface area contributed by atoms with Crippen LogP contribution in [0.3, 0.4) is 0 Å². The number of ketones is 1. The van der Waals surface area contributed by atoms with E-state index in [-0.39, 0.29) is 10.8 Å². The summed E-state index contributed by atoms with van der Waals surface area (Å²) in [5.74, 6) is 2.67. The predicted octanol–water partition coefficient (Wildman–Crippen LogP) is 3.79. The highest BCUT2D eigenvalue weighted by Gasteiger charge is 2.61. The van der Waals surface area contributed by atoms with Crippen LogP contribution in [-0.4, -0.2) is 24.9 Å². The van der Waals surface area contributed by atoms with Gasteiger partial charge in [0.1, 0.15) is 5.78 Å². The number of fused-ring (bicyclic) bond motifs is 5. The average Bonchev–Trinajstić information content (AvgIpc) is 2.83. The van der Waals surface area contributed by atoms with E-state index in [0.717, 1.165) is 51.4 Å². The van der Waals surface area contributed by atoms with Crippen molar-refractivity contribution in [1.29, 1.82) is 0 Å². The summed E-state index contributed by atoms with van der Waals surface area (Å²) in [5.41, 5.74) is 0.102. The molecule has 0 saturated heterocycles. The highest BCUT2D eigenvalue weighted by Crippen LogP contribution is 2.66. The predicted molar refractivity (Wildman–Crippen MR) is 93.2 cm³/mol. The second-order valence-electron chi connectivity index (χ2n) is 9.53. The van der Waals surface area contributed by atoms with Gasteiger partial charge in [0, 0.05) is 12.8 Å². The Morgan fingerprint density at radius 2 is 1.72 bits per heavy atom. The monoisotopic (exact) mass is 370 g/mol. The minimum Gasteiger partial charge on any atom is -0.300 e. The van der Waals surface area contributed by atoms with Crippen molar-refractivity contribution in [2.75, 3.05) is 0 Å². The van der Waals surface area contributed by atoms with Crippen LogP contribution in [-0.2, 0) is 19.4 Å². The maximum absolute atomic E-state index is 11.9. The van der Waals surface area contributed by atoms with Crippen LogP contribution in [0, 0.1) is 34.5 Å². The van der Waals surface area contributed by atoms with Crippen LogP contribution in [0.5, 0.6) is 0 Å². The lowest BCUT2D eigenvalue weighted by Crippen LogP contribution is -2.54. The molecule has 0 bridgehead atoms. The van der Waals surface area contributed by atoms with Crippen molar-refractivity contribution in [2.45, 2.75) is 77.7 Å². The Labute approximate surface area is 150 Å². The van der Waals surface area contributed by atoms with E-state index < -0.39 is 16.5 Å². The molecule has 0 amide bonds. The summed E-state index contributed by atoms with van der Waals surface area (Å²) < 4.78 is 36.7. The second kappa shape index (κ2) is 5.77. The Morgan fingerprint density at radius 1 is 1.00 bits per heavy atom. The Bertz CT molecular complexity index is 673. The van der Waals surface area contributed by atoms with Crippen molar-refractivity contribution >= 4 is 16.2 Å². The van der Waals surface area contributed by atoms with Crippen molar-refractivity contribution < 1.29 is 21.9 Å². The van der Waals surface area contributed by atoms with Gasteiger partial charge in [0.25, 0.3) is 0 Å². The van der Waals surface area contributed by atoms with E-state index in [1.165, 1.54) is 0 Å². The Morgan fingerprint density at radius 3 is 2.44 bits per heavy atom. The van der Waals surface area contributed by atoms with Crippen molar-refractivity contribution in [3.05, 3.63) is 0 Å². The summed E-state index contributed by atoms with van der Waals surface area (Å²) in [6, 6.07) is 0. The topological polar surface area (TPSA) is 80.7 Å². The van der Waals surface area contributed by atoms with Crippen LogP contribution in [0.1, 0.15) is 71.6 Å². The van der Waals surface area contributed by atoms with E-state index in [0.29, 0.717) is 35.9 Å². The summed E-state index contributed by atoms with van der Waals surface area (Å²) >= 11 is 0. The first-order chi connectivity index (χ1) is 11.6. The van der Waals surface area contributed by atoms with Gasteiger partial charge in [-0.25, -0.2) is 4.18 Å². The molecule has 1 N–H and O–H groups in total. The quantitative estimate of drug-likeness (QED) is 0.748. The molecule has 0 aromatic heterocycles. The first-order valence-electron chi connectivity index (χ1n) is 9.81. The number of rotatable bonds is 2. The zero-order valence-corrected chi connectivity index (χ0v) is 16.1. The minimum absolute atomic E-state index is 0.162. The molecule has 0 aromatic carbocycles. The van der Waals surface area contributed by atoms with Gasteiger partial charge in [0.15, 0.2) is 0 Å². The molecule has 4 fully saturated rings. The second-order valence-corrected chi connectivity index (χ2v) is 10.6. The van der Waals surface area contributed by atoms with Crippen LogP contribution in [0.25, 0.3) is 0 Å². The van der Waals surface area contributed by atoms with E-state index in [2.05, 4.69) is 13.8 Å². The van der Waals surface area contributed by atoms with Gasteiger partial charge < -0.3 is 0 Å². The van der Waals surface area contributed by atoms with Gasteiger partial charge in [-0.3, -0.25) is 9.35 Å². The summed E-state index contributed by atoms with van der Waals surface area (Å²) in [6.45, 7) is 4.57. The Kier molecular flexibility index (Phi) is 4.14. The molecular formula is C19H30O5S. The molecule has 4 rings (SSSR count). The first-order valence-corrected chi connectivity index (χ1v) is 11.2.